The first-order chi connectivity index (χ1) is 9.15. The van der Waals surface area contributed by atoms with Gasteiger partial charge in [-0.15, -0.1) is 0 Å². The van der Waals surface area contributed by atoms with Crippen molar-refractivity contribution in [2.75, 3.05) is 0 Å². The Balaban J connectivity index is 1.91. The Kier molecular flexibility index (Phi) is 2.83. The van der Waals surface area contributed by atoms with Crippen molar-refractivity contribution in [3.05, 3.63) is 48.0 Å². The third kappa shape index (κ3) is 2.13. The van der Waals surface area contributed by atoms with Crippen molar-refractivity contribution in [3.63, 3.8) is 0 Å². The molecule has 0 amide bonds. The molecule has 19 heavy (non-hydrogen) atoms. The maximum absolute atomic E-state index is 10.2. The molecule has 2 heterocycles. The number of aromatic nitrogens is 4. The van der Waals surface area contributed by atoms with E-state index in [1.165, 1.54) is 0 Å². The van der Waals surface area contributed by atoms with Crippen LogP contribution < -0.4 is 0 Å². The number of benzene rings is 1. The average molecular weight is 256 g/mol. The molecule has 0 aliphatic carbocycles. The average Bonchev–Trinajstić information content (AvgIpc) is 2.96. The highest BCUT2D eigenvalue weighted by molar-refractivity contribution is 5.75. The number of aliphatic hydroxyl groups is 1. The molecular formula is C14H16N4O. The number of para-hydroxylation sites is 2. The van der Waals surface area contributed by atoms with E-state index in [2.05, 4.69) is 10.1 Å². The minimum atomic E-state index is -0.628. The van der Waals surface area contributed by atoms with Crippen molar-refractivity contribution in [3.8, 4) is 0 Å². The number of aliphatic hydroxyl groups excluding tert-OH is 1. The molecule has 0 fully saturated rings. The van der Waals surface area contributed by atoms with Crippen LogP contribution in [0.3, 0.4) is 0 Å². The van der Waals surface area contributed by atoms with Crippen LogP contribution in [0.2, 0.25) is 0 Å². The maximum Gasteiger partial charge on any atom is 0.112 e. The summed E-state index contributed by atoms with van der Waals surface area (Å²) >= 11 is 0. The number of hydrogen-bond donors (Lipinski definition) is 1. The maximum atomic E-state index is 10.2. The molecule has 5 nitrogen and oxygen atoms in total. The van der Waals surface area contributed by atoms with Gasteiger partial charge in [0, 0.05) is 26.7 Å². The molecule has 98 valence electrons. The first kappa shape index (κ1) is 11.9. The van der Waals surface area contributed by atoms with Crippen molar-refractivity contribution < 1.29 is 5.11 Å². The first-order valence-electron chi connectivity index (χ1n) is 6.23. The van der Waals surface area contributed by atoms with Crippen molar-refractivity contribution in [2.24, 2.45) is 14.1 Å². The molecule has 0 spiro atoms. The lowest BCUT2D eigenvalue weighted by Gasteiger charge is -2.07. The lowest BCUT2D eigenvalue weighted by molar-refractivity contribution is 0.169. The minimum Gasteiger partial charge on any atom is -0.386 e. The third-order valence-electron chi connectivity index (χ3n) is 3.33. The van der Waals surface area contributed by atoms with Gasteiger partial charge in [0.2, 0.25) is 0 Å². The lowest BCUT2D eigenvalue weighted by atomic mass is 10.2. The smallest absolute Gasteiger partial charge is 0.112 e. The van der Waals surface area contributed by atoms with Crippen LogP contribution in [0.25, 0.3) is 11.0 Å². The van der Waals surface area contributed by atoms with E-state index in [-0.39, 0.29) is 0 Å². The van der Waals surface area contributed by atoms with E-state index < -0.39 is 6.10 Å². The third-order valence-corrected chi connectivity index (χ3v) is 3.33. The van der Waals surface area contributed by atoms with Crippen LogP contribution in [0, 0.1) is 0 Å². The number of aryl methyl sites for hydroxylation is 2. The molecule has 0 radical (unpaired) electrons. The molecule has 0 bridgehead atoms. The van der Waals surface area contributed by atoms with Crippen LogP contribution in [-0.4, -0.2) is 24.4 Å². The van der Waals surface area contributed by atoms with Gasteiger partial charge in [0.15, 0.2) is 0 Å². The van der Waals surface area contributed by atoms with Crippen molar-refractivity contribution in [1.82, 2.24) is 19.3 Å². The van der Waals surface area contributed by atoms with Gasteiger partial charge in [-0.25, -0.2) is 4.98 Å². The summed E-state index contributed by atoms with van der Waals surface area (Å²) in [4.78, 5) is 4.55. The summed E-state index contributed by atoms with van der Waals surface area (Å²) < 4.78 is 3.70. The summed E-state index contributed by atoms with van der Waals surface area (Å²) in [5, 5.41) is 14.4. The zero-order chi connectivity index (χ0) is 13.4. The quantitative estimate of drug-likeness (QED) is 0.774. The number of fused-ring (bicyclic) bond motifs is 1. The summed E-state index contributed by atoms with van der Waals surface area (Å²) in [5.74, 6) is 0.861. The number of nitrogens with zero attached hydrogens (tertiary/aromatic N) is 4. The van der Waals surface area contributed by atoms with Crippen LogP contribution in [0.4, 0.5) is 0 Å². The monoisotopic (exact) mass is 256 g/mol. The van der Waals surface area contributed by atoms with Crippen LogP contribution in [0.15, 0.2) is 36.5 Å². The van der Waals surface area contributed by atoms with Gasteiger partial charge in [0.05, 0.1) is 16.7 Å². The zero-order valence-electron chi connectivity index (χ0n) is 11.0. The second kappa shape index (κ2) is 4.51. The Bertz CT molecular complexity index is 713. The van der Waals surface area contributed by atoms with Crippen LogP contribution in [0.1, 0.15) is 17.6 Å². The predicted octanol–water partition coefficient (Wildman–Crippen LogP) is 1.58. The zero-order valence-corrected chi connectivity index (χ0v) is 11.0. The Morgan fingerprint density at radius 1 is 1.21 bits per heavy atom. The van der Waals surface area contributed by atoms with Gasteiger partial charge in [-0.05, 0) is 18.2 Å². The van der Waals surface area contributed by atoms with Crippen molar-refractivity contribution in [2.45, 2.75) is 12.5 Å². The number of imidazole rings is 1. The molecule has 3 rings (SSSR count). The van der Waals surface area contributed by atoms with E-state index in [9.17, 15) is 5.11 Å². The highest BCUT2D eigenvalue weighted by Gasteiger charge is 2.15. The molecule has 0 aliphatic rings. The molecule has 3 aromatic rings. The Morgan fingerprint density at radius 3 is 2.68 bits per heavy atom. The fourth-order valence-electron chi connectivity index (χ4n) is 2.27. The van der Waals surface area contributed by atoms with Crippen LogP contribution >= 0.6 is 0 Å². The molecule has 2 aromatic heterocycles. The summed E-state index contributed by atoms with van der Waals surface area (Å²) in [7, 11) is 3.81. The van der Waals surface area contributed by atoms with E-state index in [1.54, 1.807) is 4.68 Å². The standard InChI is InChI=1S/C14H16N4O/c1-17-8-7-11(16-17)13(19)9-14-15-10-5-3-4-6-12(10)18(14)2/h3-8,13,19H,9H2,1-2H3. The molecule has 0 saturated heterocycles. The minimum absolute atomic E-state index is 0.461. The fourth-order valence-corrected chi connectivity index (χ4v) is 2.27. The molecule has 1 atom stereocenters. The van der Waals surface area contributed by atoms with Gasteiger partial charge >= 0.3 is 0 Å². The van der Waals surface area contributed by atoms with E-state index in [0.29, 0.717) is 12.1 Å². The van der Waals surface area contributed by atoms with Crippen LogP contribution in [0.5, 0.6) is 0 Å². The molecule has 0 aliphatic heterocycles. The highest BCUT2D eigenvalue weighted by Crippen LogP contribution is 2.19. The predicted molar refractivity (Wildman–Crippen MR) is 72.6 cm³/mol. The largest absolute Gasteiger partial charge is 0.386 e. The molecule has 0 saturated carbocycles. The van der Waals surface area contributed by atoms with E-state index in [4.69, 9.17) is 0 Å². The molecule has 1 N–H and O–H groups in total. The SMILES string of the molecule is Cn1ccc(C(O)Cc2nc3ccccc3n2C)n1. The van der Waals surface area contributed by atoms with Gasteiger partial charge in [-0.2, -0.15) is 5.10 Å². The summed E-state index contributed by atoms with van der Waals surface area (Å²) in [6, 6.07) is 9.79. The van der Waals surface area contributed by atoms with Crippen molar-refractivity contribution >= 4 is 11.0 Å². The van der Waals surface area contributed by atoms with E-state index >= 15 is 0 Å². The normalized spacial score (nSPS) is 13.0. The summed E-state index contributed by atoms with van der Waals surface area (Å²) in [6.45, 7) is 0. The second-order valence-electron chi connectivity index (χ2n) is 4.71. The van der Waals surface area contributed by atoms with E-state index in [0.717, 1.165) is 16.9 Å². The van der Waals surface area contributed by atoms with Gasteiger partial charge < -0.3 is 9.67 Å². The van der Waals surface area contributed by atoms with Gasteiger partial charge in [0.25, 0.3) is 0 Å². The first-order valence-corrected chi connectivity index (χ1v) is 6.23. The van der Waals surface area contributed by atoms with Crippen LogP contribution in [-0.2, 0) is 20.5 Å². The Hall–Kier alpha value is -2.14. The van der Waals surface area contributed by atoms with Crippen molar-refractivity contribution in [1.29, 1.82) is 0 Å². The molecule has 1 unspecified atom stereocenters. The highest BCUT2D eigenvalue weighted by atomic mass is 16.3. The van der Waals surface area contributed by atoms with Gasteiger partial charge in [-0.1, -0.05) is 12.1 Å². The fraction of sp³-hybridized carbons (Fsp3) is 0.286. The summed E-state index contributed by atoms with van der Waals surface area (Å²) in [6.07, 6.45) is 1.66. The Morgan fingerprint density at radius 2 is 2.00 bits per heavy atom. The molecular weight excluding hydrogens is 240 g/mol. The summed E-state index contributed by atoms with van der Waals surface area (Å²) in [5.41, 5.74) is 2.70. The second-order valence-corrected chi connectivity index (χ2v) is 4.71. The molecule has 1 aromatic carbocycles. The number of hydrogen-bond acceptors (Lipinski definition) is 3. The lowest BCUT2D eigenvalue weighted by Crippen LogP contribution is -2.08. The van der Waals surface area contributed by atoms with Gasteiger partial charge in [0.1, 0.15) is 11.9 Å². The number of rotatable bonds is 3. The molecule has 5 heteroatoms. The Labute approximate surface area is 111 Å². The van der Waals surface area contributed by atoms with Gasteiger partial charge in [-0.3, -0.25) is 4.68 Å². The topological polar surface area (TPSA) is 55.9 Å². The van der Waals surface area contributed by atoms with E-state index in [1.807, 2.05) is 55.2 Å².